The molecule has 0 amide bonds. The van der Waals surface area contributed by atoms with Crippen LogP contribution < -0.4 is 5.32 Å². The highest BCUT2D eigenvalue weighted by Gasteiger charge is 2.20. The van der Waals surface area contributed by atoms with Crippen molar-refractivity contribution in [3.05, 3.63) is 45.7 Å². The molecule has 0 saturated heterocycles. The molecule has 0 bridgehead atoms. The summed E-state index contributed by atoms with van der Waals surface area (Å²) in [6.45, 7) is 3.75. The maximum atomic E-state index is 13.2. The second-order valence-corrected chi connectivity index (χ2v) is 5.94. The van der Waals surface area contributed by atoms with Crippen LogP contribution in [0.1, 0.15) is 36.6 Å². The molecule has 0 aliphatic carbocycles. The molecule has 0 saturated carbocycles. The van der Waals surface area contributed by atoms with Gasteiger partial charge in [0.2, 0.25) is 0 Å². The van der Waals surface area contributed by atoms with Gasteiger partial charge in [0.05, 0.1) is 10.5 Å². The fourth-order valence-corrected chi connectivity index (χ4v) is 2.93. The third kappa shape index (κ3) is 2.62. The first-order valence-electron chi connectivity index (χ1n) is 6.74. The van der Waals surface area contributed by atoms with Crippen LogP contribution in [0.2, 0.25) is 0 Å². The third-order valence-electron chi connectivity index (χ3n) is 3.62. The van der Waals surface area contributed by atoms with Gasteiger partial charge in [-0.25, -0.2) is 4.39 Å². The number of aromatic nitrogens is 3. The van der Waals surface area contributed by atoms with Crippen LogP contribution in [0.4, 0.5) is 4.39 Å². The highest BCUT2D eigenvalue weighted by molar-refractivity contribution is 9.10. The molecule has 0 fully saturated rings. The normalized spacial score (nSPS) is 15.3. The first kappa shape index (κ1) is 13.7. The van der Waals surface area contributed by atoms with Crippen molar-refractivity contribution in [2.45, 2.75) is 38.9 Å². The molecule has 1 aliphatic rings. The molecule has 1 atom stereocenters. The van der Waals surface area contributed by atoms with Crippen molar-refractivity contribution in [3.8, 4) is 0 Å². The average molecular weight is 339 g/mol. The van der Waals surface area contributed by atoms with Gasteiger partial charge < -0.3 is 9.88 Å². The van der Waals surface area contributed by atoms with Gasteiger partial charge in [-0.05, 0) is 47.0 Å². The number of hydrogen-bond donors (Lipinski definition) is 1. The predicted octanol–water partition coefficient (Wildman–Crippen LogP) is 2.98. The Hall–Kier alpha value is -1.27. The summed E-state index contributed by atoms with van der Waals surface area (Å²) in [6, 6.07) is 5.18. The largest absolute Gasteiger partial charge is 0.314 e. The molecule has 6 heteroatoms. The van der Waals surface area contributed by atoms with E-state index in [2.05, 4.69) is 42.9 Å². The number of rotatable bonds is 4. The molecule has 4 nitrogen and oxygen atoms in total. The van der Waals surface area contributed by atoms with E-state index in [0.29, 0.717) is 11.0 Å². The lowest BCUT2D eigenvalue weighted by Gasteiger charge is -2.14. The first-order valence-corrected chi connectivity index (χ1v) is 7.54. The van der Waals surface area contributed by atoms with Crippen LogP contribution in [-0.2, 0) is 19.5 Å². The number of halogens is 2. The number of nitrogens with zero attached hydrogens (tertiary/aromatic N) is 3. The Balaban J connectivity index is 1.67. The van der Waals surface area contributed by atoms with Crippen LogP contribution in [0.5, 0.6) is 0 Å². The Morgan fingerprint density at radius 3 is 3.10 bits per heavy atom. The number of nitrogens with one attached hydrogen (secondary N) is 1. The van der Waals surface area contributed by atoms with Crippen LogP contribution >= 0.6 is 15.9 Å². The summed E-state index contributed by atoms with van der Waals surface area (Å²) in [5, 5.41) is 11.9. The Labute approximate surface area is 125 Å². The van der Waals surface area contributed by atoms with E-state index in [0.717, 1.165) is 36.6 Å². The van der Waals surface area contributed by atoms with E-state index in [1.807, 2.05) is 0 Å². The van der Waals surface area contributed by atoms with E-state index in [1.54, 1.807) is 12.1 Å². The summed E-state index contributed by atoms with van der Waals surface area (Å²) in [5.74, 6) is 1.83. The molecule has 20 heavy (non-hydrogen) atoms. The number of hydrogen-bond acceptors (Lipinski definition) is 3. The molecular weight excluding hydrogens is 323 g/mol. The molecule has 3 rings (SSSR count). The maximum Gasteiger partial charge on any atom is 0.149 e. The number of fused-ring (bicyclic) bond motifs is 1. The van der Waals surface area contributed by atoms with Gasteiger partial charge in [0.1, 0.15) is 17.5 Å². The van der Waals surface area contributed by atoms with Crippen LogP contribution in [0, 0.1) is 5.82 Å². The fraction of sp³-hybridized carbons (Fsp3) is 0.429. The summed E-state index contributed by atoms with van der Waals surface area (Å²) in [5.41, 5.74) is 1.03. The summed E-state index contributed by atoms with van der Waals surface area (Å²) in [6.07, 6.45) is 2.17. The standard InChI is InChI=1S/C14H16BrFN4/c1-9(14-19-18-13-3-2-6-20(13)14)17-8-10-4-5-12(16)11(15)7-10/h4-5,7,9,17H,2-3,6,8H2,1H3. The van der Waals surface area contributed by atoms with Crippen LogP contribution in [0.3, 0.4) is 0 Å². The van der Waals surface area contributed by atoms with Crippen molar-refractivity contribution in [2.75, 3.05) is 0 Å². The van der Waals surface area contributed by atoms with Crippen molar-refractivity contribution in [2.24, 2.45) is 0 Å². The molecular formula is C14H16BrFN4. The quantitative estimate of drug-likeness (QED) is 0.931. The average Bonchev–Trinajstić information content (AvgIpc) is 3.02. The predicted molar refractivity (Wildman–Crippen MR) is 77.7 cm³/mol. The second-order valence-electron chi connectivity index (χ2n) is 5.08. The fourth-order valence-electron chi connectivity index (χ4n) is 2.51. The second kappa shape index (κ2) is 5.61. The lowest BCUT2D eigenvalue weighted by atomic mass is 10.2. The molecule has 106 valence electrons. The highest BCUT2D eigenvalue weighted by atomic mass is 79.9. The molecule has 1 aromatic carbocycles. The van der Waals surface area contributed by atoms with E-state index in [4.69, 9.17) is 0 Å². The zero-order valence-corrected chi connectivity index (χ0v) is 12.8. The SMILES string of the molecule is CC(NCc1ccc(F)c(Br)c1)c1nnc2n1CCC2. The highest BCUT2D eigenvalue weighted by Crippen LogP contribution is 2.20. The van der Waals surface area contributed by atoms with E-state index >= 15 is 0 Å². The van der Waals surface area contributed by atoms with Crippen LogP contribution in [0.25, 0.3) is 0 Å². The number of aryl methyl sites for hydroxylation is 1. The monoisotopic (exact) mass is 338 g/mol. The lowest BCUT2D eigenvalue weighted by molar-refractivity contribution is 0.515. The Morgan fingerprint density at radius 2 is 2.30 bits per heavy atom. The molecule has 2 heterocycles. The van der Waals surface area contributed by atoms with Gasteiger partial charge in [0, 0.05) is 19.5 Å². The third-order valence-corrected chi connectivity index (χ3v) is 4.23. The summed E-state index contributed by atoms with van der Waals surface area (Å²) in [7, 11) is 0. The Bertz CT molecular complexity index is 626. The Kier molecular flexibility index (Phi) is 3.85. The van der Waals surface area contributed by atoms with E-state index in [-0.39, 0.29) is 11.9 Å². The molecule has 1 aromatic heterocycles. The maximum absolute atomic E-state index is 13.2. The van der Waals surface area contributed by atoms with E-state index < -0.39 is 0 Å². The molecule has 0 radical (unpaired) electrons. The zero-order valence-electron chi connectivity index (χ0n) is 11.2. The van der Waals surface area contributed by atoms with Gasteiger partial charge in [-0.15, -0.1) is 10.2 Å². The zero-order chi connectivity index (χ0) is 14.1. The molecule has 1 aliphatic heterocycles. The topological polar surface area (TPSA) is 42.7 Å². The van der Waals surface area contributed by atoms with Crippen molar-refractivity contribution in [1.82, 2.24) is 20.1 Å². The van der Waals surface area contributed by atoms with Crippen molar-refractivity contribution in [1.29, 1.82) is 0 Å². The molecule has 1 N–H and O–H groups in total. The first-order chi connectivity index (χ1) is 9.65. The van der Waals surface area contributed by atoms with Crippen LogP contribution in [0.15, 0.2) is 22.7 Å². The van der Waals surface area contributed by atoms with Gasteiger partial charge in [0.25, 0.3) is 0 Å². The van der Waals surface area contributed by atoms with Gasteiger partial charge in [-0.3, -0.25) is 0 Å². The van der Waals surface area contributed by atoms with Gasteiger partial charge in [-0.2, -0.15) is 0 Å². The lowest BCUT2D eigenvalue weighted by Crippen LogP contribution is -2.21. The molecule has 2 aromatic rings. The molecule has 0 spiro atoms. The van der Waals surface area contributed by atoms with E-state index in [1.165, 1.54) is 6.07 Å². The minimum absolute atomic E-state index is 0.123. The molecule has 1 unspecified atom stereocenters. The van der Waals surface area contributed by atoms with Crippen LogP contribution in [-0.4, -0.2) is 14.8 Å². The van der Waals surface area contributed by atoms with E-state index in [9.17, 15) is 4.39 Å². The smallest absolute Gasteiger partial charge is 0.149 e. The van der Waals surface area contributed by atoms with Gasteiger partial charge in [-0.1, -0.05) is 6.07 Å². The van der Waals surface area contributed by atoms with Gasteiger partial charge >= 0.3 is 0 Å². The Morgan fingerprint density at radius 1 is 1.45 bits per heavy atom. The minimum Gasteiger partial charge on any atom is -0.314 e. The summed E-state index contributed by atoms with van der Waals surface area (Å²) < 4.78 is 15.9. The van der Waals surface area contributed by atoms with Crippen molar-refractivity contribution < 1.29 is 4.39 Å². The minimum atomic E-state index is -0.239. The summed E-state index contributed by atoms with van der Waals surface area (Å²) in [4.78, 5) is 0. The van der Waals surface area contributed by atoms with Gasteiger partial charge in [0.15, 0.2) is 0 Å². The summed E-state index contributed by atoms with van der Waals surface area (Å²) >= 11 is 3.20. The van der Waals surface area contributed by atoms with Crippen molar-refractivity contribution in [3.63, 3.8) is 0 Å². The van der Waals surface area contributed by atoms with Crippen molar-refractivity contribution >= 4 is 15.9 Å². The number of benzene rings is 1.